The van der Waals surface area contributed by atoms with E-state index in [0.717, 1.165) is 18.2 Å². The highest BCUT2D eigenvalue weighted by atomic mass is 35.5. The Labute approximate surface area is 172 Å². The SMILES string of the molecule is CC(C)Cc1ccc(Nc2nc(Nc3ccc(Cl)cc3)ncc2C(F)(F)F)cc1. The van der Waals surface area contributed by atoms with Crippen molar-refractivity contribution >= 4 is 34.7 Å². The Kier molecular flexibility index (Phi) is 6.27. The van der Waals surface area contributed by atoms with Crippen molar-refractivity contribution in [1.82, 2.24) is 9.97 Å². The first-order chi connectivity index (χ1) is 13.7. The maximum absolute atomic E-state index is 13.4. The van der Waals surface area contributed by atoms with Gasteiger partial charge in [0.05, 0.1) is 0 Å². The van der Waals surface area contributed by atoms with E-state index in [9.17, 15) is 13.2 Å². The molecule has 0 fully saturated rings. The molecule has 0 radical (unpaired) electrons. The minimum atomic E-state index is -4.58. The molecule has 152 valence electrons. The van der Waals surface area contributed by atoms with E-state index in [0.29, 0.717) is 22.3 Å². The maximum atomic E-state index is 13.4. The fourth-order valence-electron chi connectivity index (χ4n) is 2.74. The number of rotatable bonds is 6. The fraction of sp³-hybridized carbons (Fsp3) is 0.238. The van der Waals surface area contributed by atoms with Crippen LogP contribution in [0.3, 0.4) is 0 Å². The summed E-state index contributed by atoms with van der Waals surface area (Å²) in [6.45, 7) is 4.22. The van der Waals surface area contributed by atoms with Gasteiger partial charge in [-0.25, -0.2) is 4.98 Å². The molecule has 2 aromatic carbocycles. The molecule has 29 heavy (non-hydrogen) atoms. The summed E-state index contributed by atoms with van der Waals surface area (Å²) < 4.78 is 40.2. The summed E-state index contributed by atoms with van der Waals surface area (Å²) in [5.41, 5.74) is 1.30. The molecule has 3 aromatic rings. The van der Waals surface area contributed by atoms with Gasteiger partial charge in [0.15, 0.2) is 0 Å². The van der Waals surface area contributed by atoms with E-state index < -0.39 is 11.7 Å². The summed E-state index contributed by atoms with van der Waals surface area (Å²) in [7, 11) is 0. The van der Waals surface area contributed by atoms with E-state index in [2.05, 4.69) is 34.4 Å². The van der Waals surface area contributed by atoms with Crippen LogP contribution in [0.5, 0.6) is 0 Å². The van der Waals surface area contributed by atoms with Gasteiger partial charge in [-0.15, -0.1) is 0 Å². The highest BCUT2D eigenvalue weighted by Gasteiger charge is 2.35. The number of nitrogens with zero attached hydrogens (tertiary/aromatic N) is 2. The van der Waals surface area contributed by atoms with Crippen molar-refractivity contribution in [2.75, 3.05) is 10.6 Å². The number of hydrogen-bond donors (Lipinski definition) is 2. The average Bonchev–Trinajstić information content (AvgIpc) is 2.64. The van der Waals surface area contributed by atoms with Crippen LogP contribution in [0.1, 0.15) is 25.0 Å². The van der Waals surface area contributed by atoms with Crippen LogP contribution in [0.25, 0.3) is 0 Å². The van der Waals surface area contributed by atoms with Gasteiger partial charge in [-0.1, -0.05) is 37.6 Å². The highest BCUT2D eigenvalue weighted by Crippen LogP contribution is 2.35. The van der Waals surface area contributed by atoms with Gasteiger partial charge in [0.25, 0.3) is 0 Å². The lowest BCUT2D eigenvalue weighted by Gasteiger charge is -2.15. The van der Waals surface area contributed by atoms with Gasteiger partial charge in [0.2, 0.25) is 5.95 Å². The first-order valence-corrected chi connectivity index (χ1v) is 9.41. The molecule has 0 aliphatic rings. The van der Waals surface area contributed by atoms with E-state index in [1.807, 2.05) is 12.1 Å². The molecule has 0 aliphatic heterocycles. The lowest BCUT2D eigenvalue weighted by atomic mass is 10.0. The van der Waals surface area contributed by atoms with Gasteiger partial charge >= 0.3 is 6.18 Å². The summed E-state index contributed by atoms with van der Waals surface area (Å²) in [4.78, 5) is 7.83. The van der Waals surface area contributed by atoms with E-state index in [1.54, 1.807) is 36.4 Å². The molecule has 1 heterocycles. The standard InChI is InChI=1S/C21H20ClF3N4/c1-13(2)11-14-3-7-16(8-4-14)27-19-18(21(23,24)25)12-26-20(29-19)28-17-9-5-15(22)6-10-17/h3-10,12-13H,11H2,1-2H3,(H2,26,27,28,29). The Morgan fingerprint density at radius 2 is 1.52 bits per heavy atom. The summed E-state index contributed by atoms with van der Waals surface area (Å²) >= 11 is 5.85. The minimum absolute atomic E-state index is 0.0410. The number of halogens is 4. The second-order valence-corrected chi connectivity index (χ2v) is 7.44. The second kappa shape index (κ2) is 8.69. The van der Waals surface area contributed by atoms with Crippen LogP contribution in [0, 0.1) is 5.92 Å². The lowest BCUT2D eigenvalue weighted by Crippen LogP contribution is -2.12. The van der Waals surface area contributed by atoms with Crippen LogP contribution >= 0.6 is 11.6 Å². The van der Waals surface area contributed by atoms with Crippen molar-refractivity contribution in [2.24, 2.45) is 5.92 Å². The largest absolute Gasteiger partial charge is 0.421 e. The molecular weight excluding hydrogens is 401 g/mol. The molecule has 0 aliphatic carbocycles. The zero-order valence-corrected chi connectivity index (χ0v) is 16.6. The van der Waals surface area contributed by atoms with E-state index >= 15 is 0 Å². The summed E-state index contributed by atoms with van der Waals surface area (Å²) in [5, 5.41) is 6.19. The predicted octanol–water partition coefficient (Wildman–Crippen LogP) is 6.83. The zero-order valence-electron chi connectivity index (χ0n) is 15.9. The van der Waals surface area contributed by atoms with Gasteiger partial charge in [-0.05, 0) is 54.3 Å². The molecule has 0 spiro atoms. The minimum Gasteiger partial charge on any atom is -0.340 e. The Bertz CT molecular complexity index is 955. The topological polar surface area (TPSA) is 49.8 Å². The van der Waals surface area contributed by atoms with Crippen molar-refractivity contribution in [3.63, 3.8) is 0 Å². The molecule has 8 heteroatoms. The normalized spacial score (nSPS) is 11.6. The van der Waals surface area contributed by atoms with Crippen LogP contribution in [0.4, 0.5) is 36.3 Å². The average molecular weight is 421 g/mol. The smallest absolute Gasteiger partial charge is 0.340 e. The molecule has 0 saturated carbocycles. The summed E-state index contributed by atoms with van der Waals surface area (Å²) in [6, 6.07) is 14.0. The van der Waals surface area contributed by atoms with Crippen molar-refractivity contribution < 1.29 is 13.2 Å². The zero-order chi connectivity index (χ0) is 21.0. The van der Waals surface area contributed by atoms with E-state index in [-0.39, 0.29) is 11.8 Å². The Balaban J connectivity index is 1.87. The second-order valence-electron chi connectivity index (χ2n) is 7.01. The molecule has 0 saturated heterocycles. The maximum Gasteiger partial charge on any atom is 0.421 e. The van der Waals surface area contributed by atoms with Crippen molar-refractivity contribution in [3.8, 4) is 0 Å². The Morgan fingerprint density at radius 3 is 2.10 bits per heavy atom. The molecule has 0 bridgehead atoms. The van der Waals surface area contributed by atoms with Gasteiger partial charge < -0.3 is 10.6 Å². The highest BCUT2D eigenvalue weighted by molar-refractivity contribution is 6.30. The molecule has 0 atom stereocenters. The van der Waals surface area contributed by atoms with E-state index in [1.165, 1.54) is 0 Å². The number of aromatic nitrogens is 2. The number of hydrogen-bond acceptors (Lipinski definition) is 4. The molecule has 2 N–H and O–H groups in total. The lowest BCUT2D eigenvalue weighted by molar-refractivity contribution is -0.137. The fourth-order valence-corrected chi connectivity index (χ4v) is 2.87. The van der Waals surface area contributed by atoms with Crippen molar-refractivity contribution in [2.45, 2.75) is 26.4 Å². The van der Waals surface area contributed by atoms with E-state index in [4.69, 9.17) is 11.6 Å². The van der Waals surface area contributed by atoms with Crippen molar-refractivity contribution in [3.05, 3.63) is 70.9 Å². The van der Waals surface area contributed by atoms with Gasteiger partial charge in [-0.2, -0.15) is 18.2 Å². The molecular formula is C21H20ClF3N4. The molecule has 4 nitrogen and oxygen atoms in total. The van der Waals surface area contributed by atoms with Crippen LogP contribution in [-0.4, -0.2) is 9.97 Å². The number of nitrogens with one attached hydrogen (secondary N) is 2. The third kappa shape index (κ3) is 5.84. The predicted molar refractivity (Wildman–Crippen MR) is 110 cm³/mol. The summed E-state index contributed by atoms with van der Waals surface area (Å²) in [5.74, 6) is 0.217. The number of anilines is 4. The van der Waals surface area contributed by atoms with Crippen LogP contribution < -0.4 is 10.6 Å². The van der Waals surface area contributed by atoms with Gasteiger partial charge in [0, 0.05) is 22.6 Å². The third-order valence-corrected chi connectivity index (χ3v) is 4.31. The van der Waals surface area contributed by atoms with Crippen molar-refractivity contribution in [1.29, 1.82) is 0 Å². The molecule has 0 amide bonds. The van der Waals surface area contributed by atoms with Crippen LogP contribution in [0.15, 0.2) is 54.7 Å². The number of alkyl halides is 3. The monoisotopic (exact) mass is 420 g/mol. The van der Waals surface area contributed by atoms with Crippen LogP contribution in [-0.2, 0) is 12.6 Å². The first-order valence-electron chi connectivity index (χ1n) is 9.03. The van der Waals surface area contributed by atoms with Gasteiger partial charge in [-0.3, -0.25) is 0 Å². The number of benzene rings is 2. The molecule has 1 aromatic heterocycles. The quantitative estimate of drug-likeness (QED) is 0.458. The Morgan fingerprint density at radius 1 is 0.931 bits per heavy atom. The third-order valence-electron chi connectivity index (χ3n) is 4.06. The first kappa shape index (κ1) is 20.9. The summed E-state index contributed by atoms with van der Waals surface area (Å²) in [6.07, 6.45) is -2.92. The Hall–Kier alpha value is -2.80. The van der Waals surface area contributed by atoms with Gasteiger partial charge in [0.1, 0.15) is 11.4 Å². The van der Waals surface area contributed by atoms with Crippen LogP contribution in [0.2, 0.25) is 5.02 Å². The molecule has 3 rings (SSSR count). The molecule has 0 unspecified atom stereocenters.